The zero-order valence-corrected chi connectivity index (χ0v) is 17.9. The lowest BCUT2D eigenvalue weighted by atomic mass is 10.2. The van der Waals surface area contributed by atoms with Crippen LogP contribution < -0.4 is 4.74 Å². The first-order valence-corrected chi connectivity index (χ1v) is 10.5. The molecule has 2 aromatic carbocycles. The zero-order valence-electron chi connectivity index (χ0n) is 17.9. The smallest absolute Gasteiger partial charge is 0.227 e. The van der Waals surface area contributed by atoms with Gasteiger partial charge in [-0.1, -0.05) is 44.2 Å². The molecule has 0 bridgehead atoms. The van der Waals surface area contributed by atoms with Crippen LogP contribution in [0.15, 0.2) is 54.6 Å². The van der Waals surface area contributed by atoms with Gasteiger partial charge < -0.3 is 9.84 Å². The Bertz CT molecular complexity index is 943. The molecule has 0 aliphatic carbocycles. The van der Waals surface area contributed by atoms with Crippen LogP contribution in [0.2, 0.25) is 0 Å². The predicted molar refractivity (Wildman–Crippen MR) is 117 cm³/mol. The predicted octanol–water partition coefficient (Wildman–Crippen LogP) is 5.10. The highest BCUT2D eigenvalue weighted by Crippen LogP contribution is 2.32. The van der Waals surface area contributed by atoms with E-state index in [-0.39, 0.29) is 5.75 Å². The second kappa shape index (κ2) is 10.4. The third-order valence-electron chi connectivity index (χ3n) is 5.04. The van der Waals surface area contributed by atoms with Gasteiger partial charge in [-0.25, -0.2) is 9.07 Å². The Morgan fingerprint density at radius 3 is 2.47 bits per heavy atom. The number of aromatic nitrogens is 2. The molecule has 0 saturated heterocycles. The van der Waals surface area contributed by atoms with Gasteiger partial charge in [-0.2, -0.15) is 5.10 Å². The Labute approximate surface area is 177 Å². The molecule has 3 aromatic rings. The molecule has 3 rings (SSSR count). The van der Waals surface area contributed by atoms with E-state index in [4.69, 9.17) is 9.84 Å². The molecule has 0 radical (unpaired) electrons. The summed E-state index contributed by atoms with van der Waals surface area (Å²) in [6, 6.07) is 16.1. The van der Waals surface area contributed by atoms with Crippen LogP contribution in [-0.4, -0.2) is 39.0 Å². The van der Waals surface area contributed by atoms with Crippen LogP contribution in [0.5, 0.6) is 11.6 Å². The number of aryl methyl sites for hydroxylation is 1. The topological polar surface area (TPSA) is 50.5 Å². The number of halogens is 1. The quantitative estimate of drug-likeness (QED) is 0.505. The SMILES string of the molecule is CCCN(Cc1c(C)nn(-c2ccccc2)c1Oc1ccccc1F)C[C@H](O)CC. The molecule has 0 aliphatic heterocycles. The minimum atomic E-state index is -0.422. The van der Waals surface area contributed by atoms with Gasteiger partial charge in [0, 0.05) is 13.1 Å². The summed E-state index contributed by atoms with van der Waals surface area (Å²) >= 11 is 0. The molecule has 1 heterocycles. The molecule has 6 heteroatoms. The molecule has 0 spiro atoms. The van der Waals surface area contributed by atoms with Crippen molar-refractivity contribution in [3.63, 3.8) is 0 Å². The monoisotopic (exact) mass is 411 g/mol. The second-order valence-electron chi connectivity index (χ2n) is 7.45. The fraction of sp³-hybridized carbons (Fsp3) is 0.375. The van der Waals surface area contributed by atoms with Gasteiger partial charge in [-0.15, -0.1) is 0 Å². The van der Waals surface area contributed by atoms with Gasteiger partial charge in [0.05, 0.1) is 23.0 Å². The molecule has 5 nitrogen and oxygen atoms in total. The fourth-order valence-electron chi connectivity index (χ4n) is 3.40. The van der Waals surface area contributed by atoms with E-state index in [0.29, 0.717) is 25.4 Å². The molecule has 1 atom stereocenters. The van der Waals surface area contributed by atoms with E-state index in [9.17, 15) is 9.50 Å². The molecule has 0 saturated carbocycles. The van der Waals surface area contributed by atoms with Crippen molar-refractivity contribution in [1.29, 1.82) is 0 Å². The van der Waals surface area contributed by atoms with E-state index in [1.165, 1.54) is 6.07 Å². The molecular weight excluding hydrogens is 381 g/mol. The minimum absolute atomic E-state index is 0.159. The molecule has 160 valence electrons. The number of ether oxygens (including phenoxy) is 1. The summed E-state index contributed by atoms with van der Waals surface area (Å²) in [5.74, 6) is 0.232. The minimum Gasteiger partial charge on any atom is -0.435 e. The van der Waals surface area contributed by atoms with Crippen molar-refractivity contribution in [3.05, 3.63) is 71.7 Å². The maximum absolute atomic E-state index is 14.4. The van der Waals surface area contributed by atoms with Crippen LogP contribution in [0.4, 0.5) is 4.39 Å². The fourth-order valence-corrected chi connectivity index (χ4v) is 3.40. The number of aliphatic hydroxyl groups is 1. The molecule has 0 unspecified atom stereocenters. The first kappa shape index (κ1) is 22.0. The summed E-state index contributed by atoms with van der Waals surface area (Å²) < 4.78 is 22.2. The molecule has 0 amide bonds. The number of benzene rings is 2. The number of aliphatic hydroxyl groups excluding tert-OH is 1. The third kappa shape index (κ3) is 5.26. The van der Waals surface area contributed by atoms with Crippen molar-refractivity contribution in [2.45, 2.75) is 46.3 Å². The van der Waals surface area contributed by atoms with Crippen molar-refractivity contribution in [1.82, 2.24) is 14.7 Å². The van der Waals surface area contributed by atoms with Crippen molar-refractivity contribution < 1.29 is 14.2 Å². The second-order valence-corrected chi connectivity index (χ2v) is 7.45. The first-order valence-electron chi connectivity index (χ1n) is 10.5. The van der Waals surface area contributed by atoms with Crippen LogP contribution >= 0.6 is 0 Å². The van der Waals surface area contributed by atoms with Gasteiger partial charge in [0.25, 0.3) is 0 Å². The van der Waals surface area contributed by atoms with Crippen LogP contribution in [0.3, 0.4) is 0 Å². The summed E-state index contributed by atoms with van der Waals surface area (Å²) in [6.45, 7) is 7.99. The van der Waals surface area contributed by atoms with Gasteiger partial charge in [0.2, 0.25) is 5.88 Å². The van der Waals surface area contributed by atoms with Gasteiger partial charge in [0.1, 0.15) is 0 Å². The lowest BCUT2D eigenvalue weighted by Gasteiger charge is -2.24. The molecule has 1 aromatic heterocycles. The van der Waals surface area contributed by atoms with E-state index in [1.54, 1.807) is 22.9 Å². The highest BCUT2D eigenvalue weighted by molar-refractivity contribution is 5.43. The standard InChI is InChI=1S/C24H30FN3O2/c1-4-15-27(16-20(29)5-2)17-21-18(3)26-28(19-11-7-6-8-12-19)24(21)30-23-14-10-9-13-22(23)25/h6-14,20,29H,4-5,15-17H2,1-3H3/t20-/m1/s1. The zero-order chi connectivity index (χ0) is 21.5. The third-order valence-corrected chi connectivity index (χ3v) is 5.04. The lowest BCUT2D eigenvalue weighted by molar-refractivity contribution is 0.105. The molecule has 0 aliphatic rings. The summed E-state index contributed by atoms with van der Waals surface area (Å²) in [7, 11) is 0. The number of para-hydroxylation sites is 2. The summed E-state index contributed by atoms with van der Waals surface area (Å²) in [5.41, 5.74) is 2.55. The Kier molecular flexibility index (Phi) is 7.60. The number of hydrogen-bond donors (Lipinski definition) is 1. The highest BCUT2D eigenvalue weighted by Gasteiger charge is 2.22. The van der Waals surface area contributed by atoms with E-state index < -0.39 is 11.9 Å². The summed E-state index contributed by atoms with van der Waals surface area (Å²) in [6.07, 6.45) is 1.27. The summed E-state index contributed by atoms with van der Waals surface area (Å²) in [5, 5.41) is 14.9. The molecule has 30 heavy (non-hydrogen) atoms. The average molecular weight is 412 g/mol. The van der Waals surface area contributed by atoms with Crippen molar-refractivity contribution in [3.8, 4) is 17.3 Å². The van der Waals surface area contributed by atoms with Crippen molar-refractivity contribution >= 4 is 0 Å². The number of rotatable bonds is 10. The Morgan fingerprint density at radius 2 is 1.80 bits per heavy atom. The Balaban J connectivity index is 2.03. The molecule has 0 fully saturated rings. The Hall–Kier alpha value is -2.70. The van der Waals surface area contributed by atoms with Crippen LogP contribution in [-0.2, 0) is 6.54 Å². The molecular formula is C24H30FN3O2. The van der Waals surface area contributed by atoms with E-state index in [0.717, 1.165) is 29.9 Å². The average Bonchev–Trinajstić information content (AvgIpc) is 3.05. The Morgan fingerprint density at radius 1 is 1.10 bits per heavy atom. The van der Waals surface area contributed by atoms with Gasteiger partial charge in [0.15, 0.2) is 11.6 Å². The largest absolute Gasteiger partial charge is 0.435 e. The van der Waals surface area contributed by atoms with E-state index in [2.05, 4.69) is 11.8 Å². The maximum atomic E-state index is 14.4. The van der Waals surface area contributed by atoms with Gasteiger partial charge >= 0.3 is 0 Å². The number of hydrogen-bond acceptors (Lipinski definition) is 4. The van der Waals surface area contributed by atoms with Gasteiger partial charge in [-0.05, 0) is 50.6 Å². The molecule has 1 N–H and O–H groups in total. The van der Waals surface area contributed by atoms with Crippen LogP contribution in [0.1, 0.15) is 37.9 Å². The van der Waals surface area contributed by atoms with E-state index >= 15 is 0 Å². The summed E-state index contributed by atoms with van der Waals surface area (Å²) in [4.78, 5) is 2.20. The van der Waals surface area contributed by atoms with Crippen molar-refractivity contribution in [2.24, 2.45) is 0 Å². The van der Waals surface area contributed by atoms with Crippen molar-refractivity contribution in [2.75, 3.05) is 13.1 Å². The normalized spacial score (nSPS) is 12.3. The van der Waals surface area contributed by atoms with Crippen LogP contribution in [0.25, 0.3) is 5.69 Å². The lowest BCUT2D eigenvalue weighted by Crippen LogP contribution is -2.32. The van der Waals surface area contributed by atoms with E-state index in [1.807, 2.05) is 44.2 Å². The van der Waals surface area contributed by atoms with Gasteiger partial charge in [-0.3, -0.25) is 4.90 Å². The van der Waals surface area contributed by atoms with Crippen LogP contribution in [0, 0.1) is 12.7 Å². The first-order chi connectivity index (χ1) is 14.5. The number of nitrogens with zero attached hydrogens (tertiary/aromatic N) is 3. The highest BCUT2D eigenvalue weighted by atomic mass is 19.1. The maximum Gasteiger partial charge on any atom is 0.227 e.